The number of anilines is 1. The van der Waals surface area contributed by atoms with Crippen LogP contribution in [-0.4, -0.2) is 31.7 Å². The molecule has 1 aliphatic heterocycles. The third-order valence-corrected chi connectivity index (χ3v) is 3.70. The molecule has 0 bridgehead atoms. The van der Waals surface area contributed by atoms with Crippen molar-refractivity contribution in [1.29, 1.82) is 0 Å². The molecule has 2 rings (SSSR count). The van der Waals surface area contributed by atoms with Crippen LogP contribution in [0.15, 0.2) is 18.2 Å². The molecule has 104 valence electrons. The highest BCUT2D eigenvalue weighted by molar-refractivity contribution is 6.31. The van der Waals surface area contributed by atoms with Gasteiger partial charge in [0.15, 0.2) is 0 Å². The number of hydrogen-bond acceptors (Lipinski definition) is 3. The summed E-state index contributed by atoms with van der Waals surface area (Å²) in [7, 11) is 0. The number of ether oxygens (including phenoxy) is 1. The molecule has 0 unspecified atom stereocenters. The third kappa shape index (κ3) is 4.11. The lowest BCUT2D eigenvalue weighted by molar-refractivity contribution is -0.120. The second kappa shape index (κ2) is 6.78. The van der Waals surface area contributed by atoms with E-state index in [2.05, 4.69) is 10.6 Å². The second-order valence-electron chi connectivity index (χ2n) is 4.72. The predicted molar refractivity (Wildman–Crippen MR) is 76.7 cm³/mol. The first kappa shape index (κ1) is 14.2. The molecule has 0 aliphatic carbocycles. The normalized spacial score (nSPS) is 16.1. The van der Waals surface area contributed by atoms with Gasteiger partial charge in [-0.3, -0.25) is 4.79 Å². The number of carbonyl (C=O) groups is 1. The molecule has 1 amide bonds. The lowest BCUT2D eigenvalue weighted by Gasteiger charge is -2.23. The molecule has 0 saturated carbocycles. The van der Waals surface area contributed by atoms with Crippen molar-refractivity contribution >= 4 is 23.2 Å². The lowest BCUT2D eigenvalue weighted by Crippen LogP contribution is -2.41. The molecule has 1 aliphatic rings. The highest BCUT2D eigenvalue weighted by Gasteiger charge is 2.15. The molecule has 0 aromatic heterocycles. The fraction of sp³-hybridized carbons (Fsp3) is 0.500. The van der Waals surface area contributed by atoms with E-state index in [4.69, 9.17) is 16.3 Å². The topological polar surface area (TPSA) is 50.4 Å². The zero-order valence-corrected chi connectivity index (χ0v) is 11.8. The molecule has 2 N–H and O–H groups in total. The SMILES string of the molecule is Cc1c(Cl)cccc1NCC(=O)NC1CCOCC1. The number of benzene rings is 1. The van der Waals surface area contributed by atoms with E-state index in [1.54, 1.807) is 0 Å². The molecule has 0 spiro atoms. The van der Waals surface area contributed by atoms with Gasteiger partial charge in [-0.05, 0) is 37.5 Å². The number of halogens is 1. The van der Waals surface area contributed by atoms with Gasteiger partial charge in [-0.1, -0.05) is 17.7 Å². The van der Waals surface area contributed by atoms with Crippen molar-refractivity contribution in [2.45, 2.75) is 25.8 Å². The average Bonchev–Trinajstić information content (AvgIpc) is 2.42. The molecule has 1 aromatic carbocycles. The minimum Gasteiger partial charge on any atom is -0.381 e. The summed E-state index contributed by atoms with van der Waals surface area (Å²) in [5, 5.41) is 6.83. The van der Waals surface area contributed by atoms with Gasteiger partial charge in [0.05, 0.1) is 6.54 Å². The Morgan fingerprint density at radius 1 is 1.42 bits per heavy atom. The zero-order chi connectivity index (χ0) is 13.7. The number of carbonyl (C=O) groups excluding carboxylic acids is 1. The summed E-state index contributed by atoms with van der Waals surface area (Å²) in [6.07, 6.45) is 1.78. The van der Waals surface area contributed by atoms with Gasteiger partial charge < -0.3 is 15.4 Å². The maximum absolute atomic E-state index is 11.8. The van der Waals surface area contributed by atoms with Gasteiger partial charge in [0, 0.05) is 30.0 Å². The summed E-state index contributed by atoms with van der Waals surface area (Å²) in [6.45, 7) is 3.65. The zero-order valence-electron chi connectivity index (χ0n) is 11.0. The van der Waals surface area contributed by atoms with Crippen LogP contribution < -0.4 is 10.6 Å². The van der Waals surface area contributed by atoms with E-state index in [-0.39, 0.29) is 18.5 Å². The van der Waals surface area contributed by atoms with Crippen LogP contribution in [0.25, 0.3) is 0 Å². The molecule has 4 nitrogen and oxygen atoms in total. The van der Waals surface area contributed by atoms with Crippen molar-refractivity contribution in [3.8, 4) is 0 Å². The third-order valence-electron chi connectivity index (χ3n) is 3.29. The van der Waals surface area contributed by atoms with E-state index in [0.717, 1.165) is 37.3 Å². The Labute approximate surface area is 118 Å². The monoisotopic (exact) mass is 282 g/mol. The average molecular weight is 283 g/mol. The molecule has 1 saturated heterocycles. The van der Waals surface area contributed by atoms with Crippen LogP contribution in [0, 0.1) is 6.92 Å². The largest absolute Gasteiger partial charge is 0.381 e. The second-order valence-corrected chi connectivity index (χ2v) is 5.13. The number of rotatable bonds is 4. The van der Waals surface area contributed by atoms with Crippen molar-refractivity contribution < 1.29 is 9.53 Å². The van der Waals surface area contributed by atoms with Gasteiger partial charge in [0.2, 0.25) is 5.91 Å². The van der Waals surface area contributed by atoms with Crippen LogP contribution in [0.1, 0.15) is 18.4 Å². The van der Waals surface area contributed by atoms with Gasteiger partial charge in [-0.25, -0.2) is 0 Å². The van der Waals surface area contributed by atoms with Gasteiger partial charge in [-0.2, -0.15) is 0 Å². The fourth-order valence-electron chi connectivity index (χ4n) is 2.10. The summed E-state index contributed by atoms with van der Waals surface area (Å²) in [5.41, 5.74) is 1.86. The molecule has 0 atom stereocenters. The van der Waals surface area contributed by atoms with E-state index in [1.807, 2.05) is 25.1 Å². The summed E-state index contributed by atoms with van der Waals surface area (Å²) >= 11 is 6.03. The Hall–Kier alpha value is -1.26. The van der Waals surface area contributed by atoms with Gasteiger partial charge >= 0.3 is 0 Å². The molecule has 1 aromatic rings. The Kier molecular flexibility index (Phi) is 5.05. The molecular weight excluding hydrogens is 264 g/mol. The smallest absolute Gasteiger partial charge is 0.239 e. The minimum atomic E-state index is 0.00581. The first-order chi connectivity index (χ1) is 9.16. The van der Waals surface area contributed by atoms with Crippen molar-refractivity contribution in [2.24, 2.45) is 0 Å². The fourth-order valence-corrected chi connectivity index (χ4v) is 2.27. The summed E-state index contributed by atoms with van der Waals surface area (Å²) in [4.78, 5) is 11.8. The summed E-state index contributed by atoms with van der Waals surface area (Å²) in [5.74, 6) is 0.00581. The van der Waals surface area contributed by atoms with Crippen molar-refractivity contribution in [1.82, 2.24) is 5.32 Å². The Morgan fingerprint density at radius 3 is 2.89 bits per heavy atom. The van der Waals surface area contributed by atoms with Crippen LogP contribution in [-0.2, 0) is 9.53 Å². The van der Waals surface area contributed by atoms with E-state index in [9.17, 15) is 4.79 Å². The first-order valence-corrected chi connectivity index (χ1v) is 6.90. The highest BCUT2D eigenvalue weighted by Crippen LogP contribution is 2.22. The van der Waals surface area contributed by atoms with E-state index < -0.39 is 0 Å². The maximum atomic E-state index is 11.8. The van der Waals surface area contributed by atoms with E-state index in [0.29, 0.717) is 5.02 Å². The van der Waals surface area contributed by atoms with Crippen molar-refractivity contribution in [3.05, 3.63) is 28.8 Å². The number of nitrogens with one attached hydrogen (secondary N) is 2. The Morgan fingerprint density at radius 2 is 2.16 bits per heavy atom. The summed E-state index contributed by atoms with van der Waals surface area (Å²) in [6, 6.07) is 5.87. The number of amides is 1. The van der Waals surface area contributed by atoms with Crippen LogP contribution in [0.4, 0.5) is 5.69 Å². The molecule has 1 fully saturated rings. The van der Waals surface area contributed by atoms with Crippen molar-refractivity contribution in [2.75, 3.05) is 25.1 Å². The predicted octanol–water partition coefficient (Wildman–Crippen LogP) is 2.36. The highest BCUT2D eigenvalue weighted by atomic mass is 35.5. The minimum absolute atomic E-state index is 0.00581. The molecule has 19 heavy (non-hydrogen) atoms. The van der Waals surface area contributed by atoms with E-state index in [1.165, 1.54) is 0 Å². The van der Waals surface area contributed by atoms with Crippen LogP contribution >= 0.6 is 11.6 Å². The maximum Gasteiger partial charge on any atom is 0.239 e. The molecule has 1 heterocycles. The standard InChI is InChI=1S/C14H19ClN2O2/c1-10-12(15)3-2-4-13(10)16-9-14(18)17-11-5-7-19-8-6-11/h2-4,11,16H,5-9H2,1H3,(H,17,18). The van der Waals surface area contributed by atoms with E-state index >= 15 is 0 Å². The lowest BCUT2D eigenvalue weighted by atomic mass is 10.1. The van der Waals surface area contributed by atoms with Crippen LogP contribution in [0.5, 0.6) is 0 Å². The molecule has 5 heteroatoms. The Balaban J connectivity index is 1.81. The quantitative estimate of drug-likeness (QED) is 0.891. The number of hydrogen-bond donors (Lipinski definition) is 2. The van der Waals surface area contributed by atoms with Gasteiger partial charge in [0.25, 0.3) is 0 Å². The summed E-state index contributed by atoms with van der Waals surface area (Å²) < 4.78 is 5.26. The molecule has 0 radical (unpaired) electrons. The van der Waals surface area contributed by atoms with Gasteiger partial charge in [-0.15, -0.1) is 0 Å². The Bertz CT molecular complexity index is 445. The van der Waals surface area contributed by atoms with Crippen LogP contribution in [0.3, 0.4) is 0 Å². The van der Waals surface area contributed by atoms with Crippen molar-refractivity contribution in [3.63, 3.8) is 0 Å². The van der Waals surface area contributed by atoms with Crippen LogP contribution in [0.2, 0.25) is 5.02 Å². The first-order valence-electron chi connectivity index (χ1n) is 6.53. The van der Waals surface area contributed by atoms with Gasteiger partial charge in [0.1, 0.15) is 0 Å². The molecular formula is C14H19ClN2O2.